The molecule has 110 valence electrons. The number of nitrogens with zero attached hydrogens (tertiary/aromatic N) is 3. The van der Waals surface area contributed by atoms with Crippen molar-refractivity contribution in [2.75, 3.05) is 38.1 Å². The molecule has 2 heterocycles. The molecule has 6 heteroatoms. The van der Waals surface area contributed by atoms with E-state index in [2.05, 4.69) is 21.8 Å². The molecule has 0 spiro atoms. The first-order chi connectivity index (χ1) is 10.1. The molecule has 1 aromatic carbocycles. The van der Waals surface area contributed by atoms with Crippen LogP contribution in [0.1, 0.15) is 10.5 Å². The highest BCUT2D eigenvalue weighted by atomic mass is 16.4. The lowest BCUT2D eigenvalue weighted by atomic mass is 10.1. The number of piperazine rings is 1. The fourth-order valence-corrected chi connectivity index (χ4v) is 2.63. The van der Waals surface area contributed by atoms with Gasteiger partial charge >= 0.3 is 5.97 Å². The maximum Gasteiger partial charge on any atom is 0.354 e. The number of carboxylic acid groups (broad SMARTS) is 1. The van der Waals surface area contributed by atoms with E-state index >= 15 is 0 Å². The molecule has 3 rings (SSSR count). The van der Waals surface area contributed by atoms with Crippen LogP contribution in [0.3, 0.4) is 0 Å². The van der Waals surface area contributed by atoms with Crippen LogP contribution < -0.4 is 4.90 Å². The quantitative estimate of drug-likeness (QED) is 0.869. The monoisotopic (exact) mass is 287 g/mol. The van der Waals surface area contributed by atoms with E-state index < -0.39 is 5.97 Å². The summed E-state index contributed by atoms with van der Waals surface area (Å²) in [6.07, 6.45) is 0. The molecule has 2 N–H and O–H groups in total. The number of carbonyl (C=O) groups is 1. The van der Waals surface area contributed by atoms with Gasteiger partial charge in [-0.3, -0.25) is 0 Å². The number of aromatic carboxylic acids is 1. The first-order valence-corrected chi connectivity index (χ1v) is 6.86. The van der Waals surface area contributed by atoms with E-state index in [1.165, 1.54) is 6.07 Å². The van der Waals surface area contributed by atoms with Gasteiger partial charge in [0.2, 0.25) is 0 Å². The zero-order valence-electron chi connectivity index (χ0n) is 11.8. The Morgan fingerprint density at radius 1 is 1.24 bits per heavy atom. The van der Waals surface area contributed by atoms with Gasteiger partial charge in [0.15, 0.2) is 5.69 Å². The SMILES string of the molecule is CN1CCN(c2cc(C(=O)O)nc3c(O)cccc23)CC1. The van der Waals surface area contributed by atoms with Crippen molar-refractivity contribution in [3.63, 3.8) is 0 Å². The molecule has 1 aliphatic heterocycles. The third kappa shape index (κ3) is 2.50. The van der Waals surface area contributed by atoms with Gasteiger partial charge in [0.25, 0.3) is 0 Å². The van der Waals surface area contributed by atoms with Gasteiger partial charge in [0.1, 0.15) is 11.3 Å². The van der Waals surface area contributed by atoms with Gasteiger partial charge in [-0.15, -0.1) is 0 Å². The van der Waals surface area contributed by atoms with E-state index in [9.17, 15) is 15.0 Å². The Kier molecular flexibility index (Phi) is 3.39. The van der Waals surface area contributed by atoms with Crippen molar-refractivity contribution in [1.82, 2.24) is 9.88 Å². The lowest BCUT2D eigenvalue weighted by Gasteiger charge is -2.34. The Labute approximate surface area is 122 Å². The highest BCUT2D eigenvalue weighted by molar-refractivity contribution is 5.99. The number of likely N-dealkylation sites (N-methyl/N-ethyl adjacent to an activating group) is 1. The molecule has 0 radical (unpaired) electrons. The summed E-state index contributed by atoms with van der Waals surface area (Å²) in [4.78, 5) is 19.7. The highest BCUT2D eigenvalue weighted by Gasteiger charge is 2.20. The second-order valence-electron chi connectivity index (χ2n) is 5.30. The van der Waals surface area contributed by atoms with Crippen LogP contribution in [-0.4, -0.2) is 59.3 Å². The van der Waals surface area contributed by atoms with Crippen LogP contribution in [0.5, 0.6) is 5.75 Å². The summed E-state index contributed by atoms with van der Waals surface area (Å²) in [5.41, 5.74) is 1.12. The Bertz CT molecular complexity index is 694. The van der Waals surface area contributed by atoms with Crippen molar-refractivity contribution in [1.29, 1.82) is 0 Å². The van der Waals surface area contributed by atoms with Crippen molar-refractivity contribution in [3.05, 3.63) is 30.0 Å². The van der Waals surface area contributed by atoms with Crippen LogP contribution in [0.15, 0.2) is 24.3 Å². The van der Waals surface area contributed by atoms with Gasteiger partial charge in [0, 0.05) is 37.3 Å². The van der Waals surface area contributed by atoms with E-state index in [0.717, 1.165) is 37.3 Å². The fourth-order valence-electron chi connectivity index (χ4n) is 2.63. The molecular formula is C15H17N3O3. The molecule has 6 nitrogen and oxygen atoms in total. The lowest BCUT2D eigenvalue weighted by molar-refractivity contribution is 0.0691. The van der Waals surface area contributed by atoms with Gasteiger partial charge in [-0.2, -0.15) is 0 Å². The van der Waals surface area contributed by atoms with Gasteiger partial charge in [-0.1, -0.05) is 12.1 Å². The number of benzene rings is 1. The summed E-state index contributed by atoms with van der Waals surface area (Å²) in [6.45, 7) is 3.49. The van der Waals surface area contributed by atoms with E-state index in [0.29, 0.717) is 5.52 Å². The maximum atomic E-state index is 11.3. The van der Waals surface area contributed by atoms with Gasteiger partial charge in [0.05, 0.1) is 0 Å². The molecule has 0 saturated carbocycles. The summed E-state index contributed by atoms with van der Waals surface area (Å²) in [5.74, 6) is -1.08. The standard InChI is InChI=1S/C15H17N3O3/c1-17-5-7-18(8-6-17)12-9-11(15(20)21)16-14-10(12)3-2-4-13(14)19/h2-4,9,19H,5-8H2,1H3,(H,20,21). The Hall–Kier alpha value is -2.34. The average Bonchev–Trinajstić information content (AvgIpc) is 2.47. The van der Waals surface area contributed by atoms with E-state index in [1.807, 2.05) is 6.07 Å². The van der Waals surface area contributed by atoms with Crippen LogP contribution in [0, 0.1) is 0 Å². The van der Waals surface area contributed by atoms with Crippen LogP contribution in [0.2, 0.25) is 0 Å². The zero-order valence-corrected chi connectivity index (χ0v) is 11.8. The van der Waals surface area contributed by atoms with Crippen molar-refractivity contribution in [3.8, 4) is 5.75 Å². The third-order valence-electron chi connectivity index (χ3n) is 3.86. The molecule has 0 unspecified atom stereocenters. The van der Waals surface area contributed by atoms with Crippen molar-refractivity contribution >= 4 is 22.6 Å². The smallest absolute Gasteiger partial charge is 0.354 e. The van der Waals surface area contributed by atoms with Crippen LogP contribution in [0.25, 0.3) is 10.9 Å². The molecule has 2 aromatic rings. The number of phenolic OH excluding ortho intramolecular Hbond substituents is 1. The number of fused-ring (bicyclic) bond motifs is 1. The second-order valence-corrected chi connectivity index (χ2v) is 5.30. The largest absolute Gasteiger partial charge is 0.506 e. The number of para-hydroxylation sites is 1. The maximum absolute atomic E-state index is 11.3. The van der Waals surface area contributed by atoms with E-state index in [-0.39, 0.29) is 11.4 Å². The van der Waals surface area contributed by atoms with E-state index in [4.69, 9.17) is 0 Å². The lowest BCUT2D eigenvalue weighted by Crippen LogP contribution is -2.44. The number of pyridine rings is 1. The Morgan fingerprint density at radius 2 is 1.95 bits per heavy atom. The number of anilines is 1. The van der Waals surface area contributed by atoms with Crippen LogP contribution in [0.4, 0.5) is 5.69 Å². The van der Waals surface area contributed by atoms with Crippen molar-refractivity contribution in [2.45, 2.75) is 0 Å². The predicted octanol–water partition coefficient (Wildman–Crippen LogP) is 1.39. The molecule has 1 saturated heterocycles. The summed E-state index contributed by atoms with van der Waals surface area (Å²) in [6, 6.07) is 6.73. The predicted molar refractivity (Wildman–Crippen MR) is 80.1 cm³/mol. The van der Waals surface area contributed by atoms with Crippen molar-refractivity contribution < 1.29 is 15.0 Å². The minimum atomic E-state index is -1.09. The molecular weight excluding hydrogens is 270 g/mol. The van der Waals surface area contributed by atoms with Gasteiger partial charge in [-0.25, -0.2) is 9.78 Å². The fraction of sp³-hybridized carbons (Fsp3) is 0.333. The molecule has 1 fully saturated rings. The number of aromatic hydroxyl groups is 1. The summed E-state index contributed by atoms with van der Waals surface area (Å²) in [7, 11) is 2.07. The number of carboxylic acids is 1. The summed E-state index contributed by atoms with van der Waals surface area (Å²) in [5, 5.41) is 20.0. The first kappa shape index (κ1) is 13.6. The third-order valence-corrected chi connectivity index (χ3v) is 3.86. The molecule has 0 atom stereocenters. The van der Waals surface area contributed by atoms with Crippen LogP contribution in [-0.2, 0) is 0 Å². The van der Waals surface area contributed by atoms with Gasteiger partial charge < -0.3 is 20.0 Å². The molecule has 1 aliphatic rings. The van der Waals surface area contributed by atoms with Gasteiger partial charge in [-0.05, 0) is 19.2 Å². The first-order valence-electron chi connectivity index (χ1n) is 6.86. The number of hydrogen-bond acceptors (Lipinski definition) is 5. The summed E-state index contributed by atoms with van der Waals surface area (Å²) >= 11 is 0. The number of aromatic nitrogens is 1. The number of hydrogen-bond donors (Lipinski definition) is 2. The zero-order chi connectivity index (χ0) is 15.0. The minimum Gasteiger partial charge on any atom is -0.506 e. The van der Waals surface area contributed by atoms with Crippen LogP contribution >= 0.6 is 0 Å². The molecule has 21 heavy (non-hydrogen) atoms. The molecule has 0 bridgehead atoms. The highest BCUT2D eigenvalue weighted by Crippen LogP contribution is 2.32. The topological polar surface area (TPSA) is 76.9 Å². The average molecular weight is 287 g/mol. The minimum absolute atomic E-state index is 0.00553. The molecule has 0 amide bonds. The Morgan fingerprint density at radius 3 is 2.62 bits per heavy atom. The molecule has 1 aromatic heterocycles. The second kappa shape index (κ2) is 5.21. The number of rotatable bonds is 2. The summed E-state index contributed by atoms with van der Waals surface area (Å²) < 4.78 is 0. The van der Waals surface area contributed by atoms with E-state index in [1.54, 1.807) is 12.1 Å². The molecule has 0 aliphatic carbocycles. The van der Waals surface area contributed by atoms with Crippen molar-refractivity contribution in [2.24, 2.45) is 0 Å². The Balaban J connectivity index is 2.15. The number of phenols is 1. The normalized spacial score (nSPS) is 16.3.